The van der Waals surface area contributed by atoms with E-state index in [0.29, 0.717) is 12.2 Å². The highest BCUT2D eigenvalue weighted by atomic mass is 16.5. The molecular weight excluding hydrogens is 258 g/mol. The van der Waals surface area contributed by atoms with Crippen LogP contribution in [-0.2, 0) is 9.53 Å². The van der Waals surface area contributed by atoms with E-state index in [4.69, 9.17) is 4.74 Å². The number of nitrogens with one attached hydrogen (secondary N) is 1. The summed E-state index contributed by atoms with van der Waals surface area (Å²) >= 11 is 0. The van der Waals surface area contributed by atoms with Crippen molar-refractivity contribution in [2.75, 3.05) is 25.1 Å². The standard InChI is InChI=1S/C14H19N3O3/c1-3-15-13(18)11-9-10(6-7-16-11)17-8-4-5-12(17)14(19)20-2/h6-7,9,12H,3-5,8H2,1-2H3,(H,15,18). The van der Waals surface area contributed by atoms with Crippen LogP contribution in [0.4, 0.5) is 5.69 Å². The van der Waals surface area contributed by atoms with Crippen molar-refractivity contribution in [2.45, 2.75) is 25.8 Å². The van der Waals surface area contributed by atoms with Crippen LogP contribution in [0.1, 0.15) is 30.3 Å². The highest BCUT2D eigenvalue weighted by Crippen LogP contribution is 2.26. The van der Waals surface area contributed by atoms with Crippen LogP contribution in [0.3, 0.4) is 0 Å². The second kappa shape index (κ2) is 6.36. The zero-order valence-corrected chi connectivity index (χ0v) is 11.8. The van der Waals surface area contributed by atoms with Gasteiger partial charge in [-0.3, -0.25) is 9.78 Å². The first-order chi connectivity index (χ1) is 9.67. The summed E-state index contributed by atoms with van der Waals surface area (Å²) in [6.45, 7) is 3.19. The molecule has 1 amide bonds. The zero-order chi connectivity index (χ0) is 14.5. The Morgan fingerprint density at radius 3 is 3.05 bits per heavy atom. The number of ether oxygens (including phenoxy) is 1. The van der Waals surface area contributed by atoms with Crippen molar-refractivity contribution in [3.8, 4) is 0 Å². The molecule has 1 atom stereocenters. The van der Waals surface area contributed by atoms with E-state index in [0.717, 1.165) is 25.1 Å². The van der Waals surface area contributed by atoms with E-state index in [1.807, 2.05) is 17.9 Å². The monoisotopic (exact) mass is 277 g/mol. The number of nitrogens with zero attached hydrogens (tertiary/aromatic N) is 2. The number of carbonyl (C=O) groups is 2. The summed E-state index contributed by atoms with van der Waals surface area (Å²) in [4.78, 5) is 29.6. The summed E-state index contributed by atoms with van der Waals surface area (Å²) in [5.74, 6) is -0.443. The number of aromatic nitrogens is 1. The van der Waals surface area contributed by atoms with E-state index in [1.165, 1.54) is 7.11 Å². The second-order valence-corrected chi connectivity index (χ2v) is 4.63. The van der Waals surface area contributed by atoms with Gasteiger partial charge in [0.25, 0.3) is 5.91 Å². The minimum Gasteiger partial charge on any atom is -0.467 e. The van der Waals surface area contributed by atoms with Crippen molar-refractivity contribution in [1.29, 1.82) is 0 Å². The van der Waals surface area contributed by atoms with Crippen LogP contribution in [0, 0.1) is 0 Å². The van der Waals surface area contributed by atoms with Gasteiger partial charge < -0.3 is 15.0 Å². The Morgan fingerprint density at radius 1 is 1.55 bits per heavy atom. The van der Waals surface area contributed by atoms with Gasteiger partial charge in [-0.25, -0.2) is 4.79 Å². The van der Waals surface area contributed by atoms with Gasteiger partial charge in [0, 0.05) is 25.0 Å². The molecule has 2 heterocycles. The van der Waals surface area contributed by atoms with Gasteiger partial charge in [-0.15, -0.1) is 0 Å². The minimum absolute atomic E-state index is 0.205. The Morgan fingerprint density at radius 2 is 2.35 bits per heavy atom. The average Bonchev–Trinajstić information content (AvgIpc) is 2.96. The van der Waals surface area contributed by atoms with E-state index in [-0.39, 0.29) is 17.9 Å². The molecule has 0 spiro atoms. The molecule has 108 valence electrons. The Kier molecular flexibility index (Phi) is 4.55. The SMILES string of the molecule is CCNC(=O)c1cc(N2CCCC2C(=O)OC)ccn1. The summed E-state index contributed by atoms with van der Waals surface area (Å²) < 4.78 is 4.83. The Hall–Kier alpha value is -2.11. The van der Waals surface area contributed by atoms with Crippen LogP contribution in [0.15, 0.2) is 18.3 Å². The molecule has 1 aliphatic heterocycles. The number of methoxy groups -OCH3 is 1. The molecule has 6 heteroatoms. The number of rotatable bonds is 4. The summed E-state index contributed by atoms with van der Waals surface area (Å²) in [7, 11) is 1.39. The molecule has 1 aliphatic rings. The van der Waals surface area contributed by atoms with Gasteiger partial charge in [0.2, 0.25) is 0 Å². The molecule has 1 saturated heterocycles. The quantitative estimate of drug-likeness (QED) is 0.830. The highest BCUT2D eigenvalue weighted by Gasteiger charge is 2.31. The van der Waals surface area contributed by atoms with E-state index in [1.54, 1.807) is 12.3 Å². The van der Waals surface area contributed by atoms with Crippen LogP contribution in [0.5, 0.6) is 0 Å². The van der Waals surface area contributed by atoms with Gasteiger partial charge in [-0.1, -0.05) is 0 Å². The van der Waals surface area contributed by atoms with Gasteiger partial charge >= 0.3 is 5.97 Å². The molecule has 2 rings (SSSR count). The number of hydrogen-bond acceptors (Lipinski definition) is 5. The maximum Gasteiger partial charge on any atom is 0.328 e. The highest BCUT2D eigenvalue weighted by molar-refractivity contribution is 5.93. The van der Waals surface area contributed by atoms with Gasteiger partial charge in [-0.2, -0.15) is 0 Å². The second-order valence-electron chi connectivity index (χ2n) is 4.63. The molecule has 1 fully saturated rings. The fraction of sp³-hybridized carbons (Fsp3) is 0.500. The first-order valence-electron chi connectivity index (χ1n) is 6.76. The molecule has 1 unspecified atom stereocenters. The predicted molar refractivity (Wildman–Crippen MR) is 74.6 cm³/mol. The number of anilines is 1. The molecule has 0 bridgehead atoms. The number of hydrogen-bond donors (Lipinski definition) is 1. The molecule has 20 heavy (non-hydrogen) atoms. The molecule has 0 radical (unpaired) electrons. The minimum atomic E-state index is -0.274. The average molecular weight is 277 g/mol. The third-order valence-corrected chi connectivity index (χ3v) is 3.37. The molecule has 0 aromatic carbocycles. The normalized spacial score (nSPS) is 17.9. The fourth-order valence-electron chi connectivity index (χ4n) is 2.43. The van der Waals surface area contributed by atoms with E-state index in [2.05, 4.69) is 10.3 Å². The van der Waals surface area contributed by atoms with Crippen molar-refractivity contribution in [3.05, 3.63) is 24.0 Å². The first kappa shape index (κ1) is 14.3. The van der Waals surface area contributed by atoms with Crippen molar-refractivity contribution >= 4 is 17.6 Å². The lowest BCUT2D eigenvalue weighted by molar-refractivity contribution is -0.141. The molecule has 6 nitrogen and oxygen atoms in total. The summed E-state index contributed by atoms with van der Waals surface area (Å²) in [5, 5.41) is 2.71. The molecule has 0 aliphatic carbocycles. The Bertz CT molecular complexity index is 504. The van der Waals surface area contributed by atoms with E-state index >= 15 is 0 Å². The van der Waals surface area contributed by atoms with E-state index in [9.17, 15) is 9.59 Å². The zero-order valence-electron chi connectivity index (χ0n) is 11.8. The number of amides is 1. The van der Waals surface area contributed by atoms with Crippen LogP contribution >= 0.6 is 0 Å². The first-order valence-corrected chi connectivity index (χ1v) is 6.76. The lowest BCUT2D eigenvalue weighted by Crippen LogP contribution is -2.37. The lowest BCUT2D eigenvalue weighted by atomic mass is 10.2. The van der Waals surface area contributed by atoms with Crippen molar-refractivity contribution in [2.24, 2.45) is 0 Å². The summed E-state index contributed by atoms with van der Waals surface area (Å²) in [6, 6.07) is 3.25. The summed E-state index contributed by atoms with van der Waals surface area (Å²) in [6.07, 6.45) is 3.29. The third-order valence-electron chi connectivity index (χ3n) is 3.37. The lowest BCUT2D eigenvalue weighted by Gasteiger charge is -2.24. The van der Waals surface area contributed by atoms with Crippen molar-refractivity contribution < 1.29 is 14.3 Å². The molecule has 1 aromatic rings. The van der Waals surface area contributed by atoms with Crippen molar-refractivity contribution in [1.82, 2.24) is 10.3 Å². The number of carbonyl (C=O) groups excluding carboxylic acids is 2. The smallest absolute Gasteiger partial charge is 0.328 e. The maximum absolute atomic E-state index is 11.8. The van der Waals surface area contributed by atoms with Gasteiger partial charge in [0.1, 0.15) is 11.7 Å². The topological polar surface area (TPSA) is 71.5 Å². The number of esters is 1. The molecule has 1 aromatic heterocycles. The fourth-order valence-corrected chi connectivity index (χ4v) is 2.43. The molecule has 1 N–H and O–H groups in total. The number of pyridine rings is 1. The summed E-state index contributed by atoms with van der Waals surface area (Å²) in [5.41, 5.74) is 1.19. The van der Waals surface area contributed by atoms with Crippen LogP contribution in [-0.4, -0.2) is 43.1 Å². The molecular formula is C14H19N3O3. The van der Waals surface area contributed by atoms with E-state index < -0.39 is 0 Å². The molecule has 0 saturated carbocycles. The van der Waals surface area contributed by atoms with Crippen LogP contribution in [0.25, 0.3) is 0 Å². The van der Waals surface area contributed by atoms with Crippen LogP contribution < -0.4 is 10.2 Å². The van der Waals surface area contributed by atoms with Gasteiger partial charge in [0.15, 0.2) is 0 Å². The predicted octanol–water partition coefficient (Wildman–Crippen LogP) is 0.973. The Labute approximate surface area is 118 Å². The Balaban J connectivity index is 2.22. The van der Waals surface area contributed by atoms with Crippen LogP contribution in [0.2, 0.25) is 0 Å². The maximum atomic E-state index is 11.8. The van der Waals surface area contributed by atoms with Gasteiger partial charge in [-0.05, 0) is 31.9 Å². The third kappa shape index (κ3) is 2.89. The largest absolute Gasteiger partial charge is 0.467 e. The van der Waals surface area contributed by atoms with Crippen molar-refractivity contribution in [3.63, 3.8) is 0 Å². The van der Waals surface area contributed by atoms with Gasteiger partial charge in [0.05, 0.1) is 7.11 Å².